The first-order valence-corrected chi connectivity index (χ1v) is 4.46. The standard InChI is InChI=1S/C13H9N/c14-10-4-8-12-7-3-6-11-5-1-2-9-13(11)12/h1-9H/b8-4+. The molecule has 2 aromatic rings. The molecule has 0 saturated carbocycles. The van der Waals surface area contributed by atoms with Crippen LogP contribution >= 0.6 is 0 Å². The molecule has 0 aliphatic rings. The zero-order valence-electron chi connectivity index (χ0n) is 7.64. The van der Waals surface area contributed by atoms with Crippen molar-refractivity contribution >= 4 is 16.8 Å². The van der Waals surface area contributed by atoms with E-state index in [1.165, 1.54) is 16.8 Å². The average Bonchev–Trinajstić information content (AvgIpc) is 2.26. The van der Waals surface area contributed by atoms with Crippen molar-refractivity contribution in [2.24, 2.45) is 0 Å². The third-order valence-electron chi connectivity index (χ3n) is 2.16. The van der Waals surface area contributed by atoms with Gasteiger partial charge in [-0.3, -0.25) is 0 Å². The van der Waals surface area contributed by atoms with E-state index >= 15 is 0 Å². The van der Waals surface area contributed by atoms with Crippen LogP contribution in [0.4, 0.5) is 0 Å². The summed E-state index contributed by atoms with van der Waals surface area (Å²) in [5.41, 5.74) is 1.09. The lowest BCUT2D eigenvalue weighted by molar-refractivity contribution is 1.54. The van der Waals surface area contributed by atoms with Crippen LogP contribution in [0.2, 0.25) is 0 Å². The second kappa shape index (κ2) is 3.76. The minimum absolute atomic E-state index is 1.09. The Balaban J connectivity index is 2.66. The van der Waals surface area contributed by atoms with E-state index in [0.29, 0.717) is 0 Å². The Morgan fingerprint density at radius 2 is 1.79 bits per heavy atom. The predicted octanol–water partition coefficient (Wildman–Crippen LogP) is 3.38. The lowest BCUT2D eigenvalue weighted by atomic mass is 10.0. The molecule has 0 aromatic heterocycles. The molecule has 0 N–H and O–H groups in total. The van der Waals surface area contributed by atoms with Gasteiger partial charge < -0.3 is 0 Å². The van der Waals surface area contributed by atoms with Crippen LogP contribution in [-0.2, 0) is 0 Å². The number of nitrogens with zero attached hydrogens (tertiary/aromatic N) is 1. The normalized spacial score (nSPS) is 10.5. The third kappa shape index (κ3) is 1.51. The second-order valence-electron chi connectivity index (χ2n) is 3.03. The van der Waals surface area contributed by atoms with Gasteiger partial charge in [-0.2, -0.15) is 5.26 Å². The lowest BCUT2D eigenvalue weighted by Crippen LogP contribution is -1.76. The molecule has 0 radical (unpaired) electrons. The molecule has 0 unspecified atom stereocenters. The van der Waals surface area contributed by atoms with Crippen molar-refractivity contribution in [3.8, 4) is 6.07 Å². The predicted molar refractivity (Wildman–Crippen MR) is 58.6 cm³/mol. The second-order valence-corrected chi connectivity index (χ2v) is 3.03. The van der Waals surface area contributed by atoms with Crippen molar-refractivity contribution in [1.29, 1.82) is 5.26 Å². The van der Waals surface area contributed by atoms with Crippen LogP contribution in [0.1, 0.15) is 5.56 Å². The number of nitriles is 1. The fourth-order valence-corrected chi connectivity index (χ4v) is 1.52. The van der Waals surface area contributed by atoms with E-state index in [1.54, 1.807) is 0 Å². The Labute approximate surface area is 82.9 Å². The Hall–Kier alpha value is -2.07. The molecule has 0 spiro atoms. The van der Waals surface area contributed by atoms with E-state index < -0.39 is 0 Å². The highest BCUT2D eigenvalue weighted by Crippen LogP contribution is 2.19. The van der Waals surface area contributed by atoms with Crippen LogP contribution < -0.4 is 0 Å². The summed E-state index contributed by atoms with van der Waals surface area (Å²) in [7, 11) is 0. The number of fused-ring (bicyclic) bond motifs is 1. The summed E-state index contributed by atoms with van der Waals surface area (Å²) in [6.07, 6.45) is 3.34. The summed E-state index contributed by atoms with van der Waals surface area (Å²) in [6, 6.07) is 16.2. The Morgan fingerprint density at radius 1 is 1.00 bits per heavy atom. The molecule has 0 fully saturated rings. The van der Waals surface area contributed by atoms with Crippen LogP contribution in [0.5, 0.6) is 0 Å². The van der Waals surface area contributed by atoms with Gasteiger partial charge in [0.2, 0.25) is 0 Å². The molecule has 66 valence electrons. The molecule has 0 heterocycles. The quantitative estimate of drug-likeness (QED) is 0.615. The molecule has 0 amide bonds. The van der Waals surface area contributed by atoms with Crippen molar-refractivity contribution in [1.82, 2.24) is 0 Å². The number of rotatable bonds is 1. The maximum Gasteiger partial charge on any atom is 0.0912 e. The summed E-state index contributed by atoms with van der Waals surface area (Å²) in [4.78, 5) is 0. The van der Waals surface area contributed by atoms with Crippen molar-refractivity contribution in [3.63, 3.8) is 0 Å². The van der Waals surface area contributed by atoms with Crippen molar-refractivity contribution in [2.45, 2.75) is 0 Å². The van der Waals surface area contributed by atoms with E-state index in [4.69, 9.17) is 5.26 Å². The number of benzene rings is 2. The van der Waals surface area contributed by atoms with Gasteiger partial charge in [0.05, 0.1) is 6.07 Å². The zero-order valence-corrected chi connectivity index (χ0v) is 7.64. The molecule has 0 aliphatic carbocycles. The lowest BCUT2D eigenvalue weighted by Gasteiger charge is -2.00. The molecule has 2 aromatic carbocycles. The van der Waals surface area contributed by atoms with E-state index in [9.17, 15) is 0 Å². The first kappa shape index (κ1) is 8.52. The maximum absolute atomic E-state index is 8.46. The van der Waals surface area contributed by atoms with E-state index in [-0.39, 0.29) is 0 Å². The summed E-state index contributed by atoms with van der Waals surface area (Å²) in [6.45, 7) is 0. The SMILES string of the molecule is N#C/C=C/c1cccc2ccccc12. The summed E-state index contributed by atoms with van der Waals surface area (Å²) >= 11 is 0. The van der Waals surface area contributed by atoms with Crippen molar-refractivity contribution < 1.29 is 0 Å². The molecule has 0 atom stereocenters. The molecule has 14 heavy (non-hydrogen) atoms. The smallest absolute Gasteiger partial charge is 0.0912 e. The van der Waals surface area contributed by atoms with Gasteiger partial charge in [0, 0.05) is 6.08 Å². The highest BCUT2D eigenvalue weighted by molar-refractivity contribution is 5.90. The first-order valence-electron chi connectivity index (χ1n) is 4.46. The minimum atomic E-state index is 1.09. The number of allylic oxidation sites excluding steroid dienone is 1. The summed E-state index contributed by atoms with van der Waals surface area (Å²) < 4.78 is 0. The number of hydrogen-bond acceptors (Lipinski definition) is 1. The van der Waals surface area contributed by atoms with E-state index in [0.717, 1.165) is 5.56 Å². The van der Waals surface area contributed by atoms with Gasteiger partial charge in [-0.25, -0.2) is 0 Å². The minimum Gasteiger partial charge on any atom is -0.193 e. The molecule has 2 rings (SSSR count). The van der Waals surface area contributed by atoms with Crippen LogP contribution in [0.3, 0.4) is 0 Å². The van der Waals surface area contributed by atoms with Gasteiger partial charge in [0.15, 0.2) is 0 Å². The van der Waals surface area contributed by atoms with Gasteiger partial charge in [0.25, 0.3) is 0 Å². The Morgan fingerprint density at radius 3 is 2.64 bits per heavy atom. The Kier molecular flexibility index (Phi) is 2.29. The van der Waals surface area contributed by atoms with Gasteiger partial charge in [-0.1, -0.05) is 42.5 Å². The fraction of sp³-hybridized carbons (Fsp3) is 0. The molecular formula is C13H9N. The van der Waals surface area contributed by atoms with Gasteiger partial charge >= 0.3 is 0 Å². The molecular weight excluding hydrogens is 170 g/mol. The van der Waals surface area contributed by atoms with E-state index in [2.05, 4.69) is 18.2 Å². The van der Waals surface area contributed by atoms with Crippen molar-refractivity contribution in [3.05, 3.63) is 54.1 Å². The fourth-order valence-electron chi connectivity index (χ4n) is 1.52. The van der Waals surface area contributed by atoms with Crippen molar-refractivity contribution in [2.75, 3.05) is 0 Å². The third-order valence-corrected chi connectivity index (χ3v) is 2.16. The van der Waals surface area contributed by atoms with E-state index in [1.807, 2.05) is 36.4 Å². The van der Waals surface area contributed by atoms with Gasteiger partial charge in [0.1, 0.15) is 0 Å². The van der Waals surface area contributed by atoms with Crippen LogP contribution in [0, 0.1) is 11.3 Å². The molecule has 0 aliphatic heterocycles. The van der Waals surface area contributed by atoms with Gasteiger partial charge in [-0.15, -0.1) is 0 Å². The highest BCUT2D eigenvalue weighted by atomic mass is 14.2. The highest BCUT2D eigenvalue weighted by Gasteiger charge is 1.94. The topological polar surface area (TPSA) is 23.8 Å². The summed E-state index contributed by atoms with van der Waals surface area (Å²) in [5, 5.41) is 10.8. The van der Waals surface area contributed by atoms with Gasteiger partial charge in [-0.05, 0) is 22.4 Å². The van der Waals surface area contributed by atoms with Crippen LogP contribution in [-0.4, -0.2) is 0 Å². The largest absolute Gasteiger partial charge is 0.193 e. The molecule has 0 saturated heterocycles. The monoisotopic (exact) mass is 179 g/mol. The van der Waals surface area contributed by atoms with Crippen LogP contribution in [0.25, 0.3) is 16.8 Å². The molecule has 1 nitrogen and oxygen atoms in total. The molecule has 1 heteroatoms. The first-order chi connectivity index (χ1) is 6.92. The summed E-state index contributed by atoms with van der Waals surface area (Å²) in [5.74, 6) is 0. The average molecular weight is 179 g/mol. The zero-order chi connectivity index (χ0) is 9.80. The maximum atomic E-state index is 8.46. The molecule has 0 bridgehead atoms. The number of hydrogen-bond donors (Lipinski definition) is 0. The van der Waals surface area contributed by atoms with Crippen LogP contribution in [0.15, 0.2) is 48.5 Å². The Bertz CT molecular complexity index is 513.